The monoisotopic (exact) mass is 513 g/mol. The van der Waals surface area contributed by atoms with Gasteiger partial charge < -0.3 is 25.7 Å². The number of aliphatic carboxylic acids is 1. The molecule has 0 fully saturated rings. The Kier molecular flexibility index (Phi) is 7.05. The lowest BCUT2D eigenvalue weighted by Crippen LogP contribution is -2.41. The number of hydrogen-bond donors (Lipinski definition) is 4. The van der Waals surface area contributed by atoms with Crippen LogP contribution in [0.15, 0.2) is 89.6 Å². The first kappa shape index (κ1) is 25.5. The molecule has 2 heterocycles. The van der Waals surface area contributed by atoms with Gasteiger partial charge in [0.25, 0.3) is 5.91 Å². The summed E-state index contributed by atoms with van der Waals surface area (Å²) in [6.45, 7) is -0.0996. The van der Waals surface area contributed by atoms with Gasteiger partial charge in [-0.1, -0.05) is 54.6 Å². The highest BCUT2D eigenvalue weighted by molar-refractivity contribution is 5.97. The van der Waals surface area contributed by atoms with E-state index >= 15 is 0 Å². The number of rotatable bonds is 7. The second kappa shape index (κ2) is 10.2. The number of carboxylic acid groups (broad SMARTS) is 1. The Labute approximate surface area is 209 Å². The fourth-order valence-electron chi connectivity index (χ4n) is 4.17. The minimum Gasteiger partial charge on any atom is -0.505 e. The summed E-state index contributed by atoms with van der Waals surface area (Å²) in [6.07, 6.45) is -2.46. The standard InChI is InChI=1S/C26H22F3N3O5/c27-26(28,29)19-9-5-4-8-16(19)17-12-18-20(31-24(17)36)14-32(13-15-6-2-1-3-7-15)22(23(18)35)25(37)30-11-10-21(33)34/h1-9,12,14,17,35H,10-11,13H2,(H,30,37)(H,31,36)(H,33,34). The zero-order chi connectivity index (χ0) is 26.7. The van der Waals surface area contributed by atoms with Gasteiger partial charge in [-0.25, -0.2) is 0 Å². The van der Waals surface area contributed by atoms with Crippen molar-refractivity contribution < 1.29 is 37.8 Å². The summed E-state index contributed by atoms with van der Waals surface area (Å²) in [5.74, 6) is -4.59. The van der Waals surface area contributed by atoms with Gasteiger partial charge in [-0.2, -0.15) is 13.2 Å². The molecule has 2 aliphatic heterocycles. The molecule has 37 heavy (non-hydrogen) atoms. The summed E-state index contributed by atoms with van der Waals surface area (Å²) in [4.78, 5) is 38.2. The van der Waals surface area contributed by atoms with E-state index in [1.807, 2.05) is 0 Å². The van der Waals surface area contributed by atoms with Crippen LogP contribution in [0.3, 0.4) is 0 Å². The molecule has 0 radical (unpaired) electrons. The van der Waals surface area contributed by atoms with Gasteiger partial charge in [-0.05, 0) is 17.2 Å². The number of aliphatic hydroxyl groups is 1. The predicted octanol–water partition coefficient (Wildman–Crippen LogP) is 3.56. The molecule has 0 spiro atoms. The van der Waals surface area contributed by atoms with Crippen LogP contribution in [-0.4, -0.2) is 39.4 Å². The molecule has 8 nitrogen and oxygen atoms in total. The zero-order valence-corrected chi connectivity index (χ0v) is 19.2. The Morgan fingerprint density at radius 2 is 1.73 bits per heavy atom. The summed E-state index contributed by atoms with van der Waals surface area (Å²) in [5, 5.41) is 25.0. The maximum atomic E-state index is 13.6. The van der Waals surface area contributed by atoms with Crippen molar-refractivity contribution in [3.63, 3.8) is 0 Å². The molecule has 0 bridgehead atoms. The number of aliphatic hydroxyl groups excluding tert-OH is 1. The maximum absolute atomic E-state index is 13.6. The normalized spacial score (nSPS) is 17.4. The van der Waals surface area contributed by atoms with Crippen molar-refractivity contribution in [2.24, 2.45) is 0 Å². The average molecular weight is 513 g/mol. The van der Waals surface area contributed by atoms with Crippen LogP contribution in [0.2, 0.25) is 0 Å². The third-order valence-electron chi connectivity index (χ3n) is 5.85. The van der Waals surface area contributed by atoms with Crippen LogP contribution in [0.25, 0.3) is 0 Å². The third kappa shape index (κ3) is 5.50. The molecule has 4 rings (SSSR count). The fourth-order valence-corrected chi connectivity index (χ4v) is 4.17. The van der Waals surface area contributed by atoms with Crippen molar-refractivity contribution in [3.05, 3.63) is 106 Å². The molecular weight excluding hydrogens is 491 g/mol. The second-order valence-electron chi connectivity index (χ2n) is 8.39. The van der Waals surface area contributed by atoms with Gasteiger partial charge in [-0.15, -0.1) is 0 Å². The highest BCUT2D eigenvalue weighted by atomic mass is 19.4. The van der Waals surface area contributed by atoms with E-state index in [1.165, 1.54) is 35.4 Å². The van der Waals surface area contributed by atoms with Gasteiger partial charge >= 0.3 is 12.1 Å². The maximum Gasteiger partial charge on any atom is 0.416 e. The molecule has 0 saturated carbocycles. The first-order valence-electron chi connectivity index (χ1n) is 11.2. The number of nitrogens with one attached hydrogen (secondary N) is 2. The smallest absolute Gasteiger partial charge is 0.416 e. The predicted molar refractivity (Wildman–Crippen MR) is 125 cm³/mol. The highest BCUT2D eigenvalue weighted by Gasteiger charge is 2.40. The lowest BCUT2D eigenvalue weighted by atomic mass is 9.86. The molecule has 0 aromatic heterocycles. The van der Waals surface area contributed by atoms with Crippen LogP contribution in [0, 0.1) is 0 Å². The summed E-state index contributed by atoms with van der Waals surface area (Å²) in [7, 11) is 0. The van der Waals surface area contributed by atoms with Gasteiger partial charge in [0.05, 0.1) is 23.6 Å². The number of carbonyl (C=O) groups excluding carboxylic acids is 2. The van der Waals surface area contributed by atoms with Crippen LogP contribution >= 0.6 is 0 Å². The first-order chi connectivity index (χ1) is 17.6. The number of alkyl halides is 3. The van der Waals surface area contributed by atoms with Crippen LogP contribution in [0.4, 0.5) is 13.2 Å². The van der Waals surface area contributed by atoms with Gasteiger partial charge in [0.15, 0.2) is 5.76 Å². The number of halogens is 3. The number of carboxylic acids is 1. The Morgan fingerprint density at radius 3 is 2.41 bits per heavy atom. The summed E-state index contributed by atoms with van der Waals surface area (Å²) >= 11 is 0. The van der Waals surface area contributed by atoms with Gasteiger partial charge in [0, 0.05) is 24.9 Å². The number of amides is 2. The molecule has 2 aliphatic rings. The van der Waals surface area contributed by atoms with Gasteiger partial charge in [0.2, 0.25) is 5.91 Å². The molecule has 2 aromatic rings. The van der Waals surface area contributed by atoms with E-state index in [1.54, 1.807) is 30.3 Å². The SMILES string of the molecule is O=C(O)CCNC(=O)C1=C(O)C2=CC(c3ccccc3C(F)(F)F)C(=O)NC2=CN1Cc1ccccc1. The third-order valence-corrected chi connectivity index (χ3v) is 5.85. The highest BCUT2D eigenvalue weighted by Crippen LogP contribution is 2.40. The average Bonchev–Trinajstić information content (AvgIpc) is 2.83. The molecule has 4 N–H and O–H groups in total. The number of benzene rings is 2. The van der Waals surface area contributed by atoms with E-state index in [-0.39, 0.29) is 42.0 Å². The Balaban J connectivity index is 1.77. The number of carbonyl (C=O) groups is 3. The molecule has 1 atom stereocenters. The van der Waals surface area contributed by atoms with Crippen molar-refractivity contribution in [1.29, 1.82) is 0 Å². The second-order valence-corrected chi connectivity index (χ2v) is 8.39. The zero-order valence-electron chi connectivity index (χ0n) is 19.2. The van der Waals surface area contributed by atoms with Crippen molar-refractivity contribution >= 4 is 17.8 Å². The summed E-state index contributed by atoms with van der Waals surface area (Å²) < 4.78 is 40.9. The van der Waals surface area contributed by atoms with E-state index in [0.29, 0.717) is 0 Å². The van der Waals surface area contributed by atoms with Crippen molar-refractivity contribution in [2.75, 3.05) is 6.54 Å². The molecule has 192 valence electrons. The fraction of sp³-hybridized carbons (Fsp3) is 0.192. The van der Waals surface area contributed by atoms with E-state index in [9.17, 15) is 32.7 Å². The van der Waals surface area contributed by atoms with Gasteiger partial charge in [0.1, 0.15) is 5.70 Å². The lowest BCUT2D eigenvalue weighted by Gasteiger charge is -2.34. The quantitative estimate of drug-likeness (QED) is 0.450. The van der Waals surface area contributed by atoms with Crippen molar-refractivity contribution in [2.45, 2.75) is 25.1 Å². The molecule has 11 heteroatoms. The van der Waals surface area contributed by atoms with Gasteiger partial charge in [-0.3, -0.25) is 14.4 Å². The summed E-state index contributed by atoms with van der Waals surface area (Å²) in [6, 6.07) is 13.6. The molecule has 0 aliphatic carbocycles. The molecule has 0 saturated heterocycles. The minimum atomic E-state index is -4.71. The number of fused-ring (bicyclic) bond motifs is 1. The molecule has 2 aromatic carbocycles. The van der Waals surface area contributed by atoms with E-state index in [4.69, 9.17) is 5.11 Å². The minimum absolute atomic E-state index is 0.0192. The molecule has 1 unspecified atom stereocenters. The lowest BCUT2D eigenvalue weighted by molar-refractivity contribution is -0.139. The number of hydrogen-bond acceptors (Lipinski definition) is 5. The topological polar surface area (TPSA) is 119 Å². The Morgan fingerprint density at radius 1 is 1.05 bits per heavy atom. The Hall–Kier alpha value is -4.54. The Bertz CT molecular complexity index is 1330. The first-order valence-corrected chi connectivity index (χ1v) is 11.2. The van der Waals surface area contributed by atoms with E-state index < -0.39 is 41.2 Å². The van der Waals surface area contributed by atoms with E-state index in [0.717, 1.165) is 11.6 Å². The largest absolute Gasteiger partial charge is 0.505 e. The molecular formula is C26H22F3N3O5. The number of nitrogens with zero attached hydrogens (tertiary/aromatic N) is 1. The molecule has 2 amide bonds. The van der Waals surface area contributed by atoms with Crippen LogP contribution in [-0.2, 0) is 27.1 Å². The van der Waals surface area contributed by atoms with Crippen LogP contribution in [0.5, 0.6) is 0 Å². The summed E-state index contributed by atoms with van der Waals surface area (Å²) in [5.41, 5.74) is -0.671. The van der Waals surface area contributed by atoms with Crippen molar-refractivity contribution in [3.8, 4) is 0 Å². The van der Waals surface area contributed by atoms with Crippen LogP contribution in [0.1, 0.15) is 29.0 Å². The van der Waals surface area contributed by atoms with Crippen molar-refractivity contribution in [1.82, 2.24) is 15.5 Å². The van der Waals surface area contributed by atoms with E-state index in [2.05, 4.69) is 10.6 Å². The van der Waals surface area contributed by atoms with Crippen LogP contribution < -0.4 is 10.6 Å².